The number of carbonyl (C=O) groups excluding carboxylic acids is 1. The van der Waals surface area contributed by atoms with Gasteiger partial charge in [0.25, 0.3) is 7.57 Å². The Morgan fingerprint density at radius 1 is 1.50 bits per heavy atom. The van der Waals surface area contributed by atoms with Gasteiger partial charge >= 0.3 is 0 Å². The van der Waals surface area contributed by atoms with E-state index in [1.54, 1.807) is 0 Å². The minimum atomic E-state index is -2.96. The van der Waals surface area contributed by atoms with Gasteiger partial charge in [0, 0.05) is 14.2 Å². The highest BCUT2D eigenvalue weighted by atomic mass is 31.2. The highest BCUT2D eigenvalue weighted by Crippen LogP contribution is 2.41. The van der Waals surface area contributed by atoms with E-state index in [0.29, 0.717) is 0 Å². The van der Waals surface area contributed by atoms with Gasteiger partial charge in [0.05, 0.1) is 5.80 Å². The molecule has 0 aliphatic rings. The summed E-state index contributed by atoms with van der Waals surface area (Å²) < 4.78 is 9.13. The fourth-order valence-electron chi connectivity index (χ4n) is 0.410. The first-order valence-corrected chi connectivity index (χ1v) is 4.28. The second-order valence-corrected chi connectivity index (χ2v) is 3.79. The maximum atomic E-state index is 10.4. The fraction of sp³-hybridized carbons (Fsp3) is 0.600. The smallest absolute Gasteiger partial charge is 0.258 e. The van der Waals surface area contributed by atoms with Crippen molar-refractivity contribution in [3.8, 4) is 0 Å². The Kier molecular flexibility index (Phi) is 3.83. The van der Waals surface area contributed by atoms with Crippen LogP contribution in [0.15, 0.2) is 0 Å². The molecule has 1 N–H and O–H groups in total. The summed E-state index contributed by atoms with van der Waals surface area (Å²) >= 11 is 0. The van der Waals surface area contributed by atoms with Crippen LogP contribution in [-0.2, 0) is 13.8 Å². The van der Waals surface area contributed by atoms with E-state index in [2.05, 4.69) is 9.05 Å². The predicted octanol–water partition coefficient (Wildman–Crippen LogP) is 0.425. The van der Waals surface area contributed by atoms with Crippen molar-refractivity contribution in [2.75, 3.05) is 14.2 Å². The standard InChI is InChI=1S/C5H11O4P/c1-5(6)4-10(7,8-2)9-3/h4,7H,1-3H3. The molecule has 4 nitrogen and oxygen atoms in total. The molecule has 5 heteroatoms. The quantitative estimate of drug-likeness (QED) is 0.617. The van der Waals surface area contributed by atoms with E-state index >= 15 is 0 Å². The summed E-state index contributed by atoms with van der Waals surface area (Å²) in [5.74, 6) is 0.784. The van der Waals surface area contributed by atoms with Gasteiger partial charge in [0.1, 0.15) is 0 Å². The zero-order valence-corrected chi connectivity index (χ0v) is 7.09. The van der Waals surface area contributed by atoms with Crippen molar-refractivity contribution < 1.29 is 18.7 Å². The lowest BCUT2D eigenvalue weighted by atomic mass is 10.5. The monoisotopic (exact) mass is 166 g/mol. The molecule has 0 saturated heterocycles. The highest BCUT2D eigenvalue weighted by molar-refractivity contribution is 7.61. The second-order valence-electron chi connectivity index (χ2n) is 1.67. The average Bonchev–Trinajstić information content (AvgIpc) is 1.87. The molecule has 0 aliphatic heterocycles. The number of Topliss-reactive ketones (excluding diaryl/α,β-unsaturated/α-hetero) is 1. The van der Waals surface area contributed by atoms with Crippen LogP contribution < -0.4 is 0 Å². The molecule has 0 aliphatic carbocycles. The molecule has 0 spiro atoms. The predicted molar refractivity (Wildman–Crippen MR) is 39.9 cm³/mol. The van der Waals surface area contributed by atoms with Crippen LogP contribution in [-0.4, -0.2) is 30.7 Å². The van der Waals surface area contributed by atoms with Crippen LogP contribution in [0, 0.1) is 0 Å². The number of rotatable bonds is 3. The molecule has 0 aromatic carbocycles. The summed E-state index contributed by atoms with van der Waals surface area (Å²) in [5, 5.41) is 0. The van der Waals surface area contributed by atoms with Gasteiger partial charge in [-0.15, -0.1) is 0 Å². The topological polar surface area (TPSA) is 55.8 Å². The minimum absolute atomic E-state index is 0.264. The van der Waals surface area contributed by atoms with E-state index in [-0.39, 0.29) is 5.78 Å². The first-order chi connectivity index (χ1) is 4.54. The third-order valence-electron chi connectivity index (χ3n) is 0.868. The fourth-order valence-corrected chi connectivity index (χ4v) is 1.23. The normalized spacial score (nSPS) is 11.2. The van der Waals surface area contributed by atoms with Gasteiger partial charge in [-0.3, -0.25) is 4.79 Å². The van der Waals surface area contributed by atoms with Crippen LogP contribution in [0.25, 0.3) is 0 Å². The van der Waals surface area contributed by atoms with Crippen LogP contribution in [0.4, 0.5) is 0 Å². The number of ketones is 1. The second kappa shape index (κ2) is 3.88. The number of carbonyl (C=O) groups is 1. The van der Waals surface area contributed by atoms with Crippen molar-refractivity contribution in [2.45, 2.75) is 6.92 Å². The zero-order chi connectivity index (χ0) is 8.20. The third-order valence-corrected chi connectivity index (χ3v) is 2.60. The lowest BCUT2D eigenvalue weighted by Gasteiger charge is -2.12. The average molecular weight is 166 g/mol. The van der Waals surface area contributed by atoms with Crippen molar-refractivity contribution in [1.29, 1.82) is 0 Å². The molecule has 0 unspecified atom stereocenters. The molecule has 0 rings (SSSR count). The molecule has 0 saturated carbocycles. The Bertz CT molecular complexity index is 166. The minimum Gasteiger partial charge on any atom is -0.333 e. The summed E-state index contributed by atoms with van der Waals surface area (Å²) in [5.41, 5.74) is 0. The van der Waals surface area contributed by atoms with Crippen LogP contribution in [0.2, 0.25) is 0 Å². The molecular weight excluding hydrogens is 155 g/mol. The van der Waals surface area contributed by atoms with Crippen molar-refractivity contribution in [3.05, 3.63) is 0 Å². The molecular formula is C5H11O4P. The van der Waals surface area contributed by atoms with Gasteiger partial charge in [-0.2, -0.15) is 0 Å². The van der Waals surface area contributed by atoms with E-state index < -0.39 is 7.57 Å². The van der Waals surface area contributed by atoms with E-state index in [9.17, 15) is 9.69 Å². The Labute approximate surface area is 60.0 Å². The highest BCUT2D eigenvalue weighted by Gasteiger charge is 2.11. The van der Waals surface area contributed by atoms with Crippen LogP contribution in [0.3, 0.4) is 0 Å². The SMILES string of the molecule is COP(O)(=CC(C)=O)OC. The van der Waals surface area contributed by atoms with Gasteiger partial charge in [-0.25, -0.2) is 0 Å². The van der Waals surface area contributed by atoms with Crippen LogP contribution in [0.1, 0.15) is 6.92 Å². The lowest BCUT2D eigenvalue weighted by molar-refractivity contribution is -0.110. The van der Waals surface area contributed by atoms with E-state index in [4.69, 9.17) is 0 Å². The Morgan fingerprint density at radius 2 is 1.90 bits per heavy atom. The largest absolute Gasteiger partial charge is 0.333 e. The number of hydrogen-bond donors (Lipinski definition) is 1. The van der Waals surface area contributed by atoms with Gasteiger partial charge < -0.3 is 13.9 Å². The summed E-state index contributed by atoms with van der Waals surface area (Å²) in [7, 11) is -0.385. The van der Waals surface area contributed by atoms with Crippen molar-refractivity contribution >= 4 is 19.1 Å². The van der Waals surface area contributed by atoms with Crippen molar-refractivity contribution in [3.63, 3.8) is 0 Å². The first kappa shape index (κ1) is 9.85. The molecule has 0 bridgehead atoms. The molecule has 0 aromatic rings. The van der Waals surface area contributed by atoms with Crippen molar-refractivity contribution in [1.82, 2.24) is 0 Å². The lowest BCUT2D eigenvalue weighted by Crippen LogP contribution is -1.98. The number of hydrogen-bond acceptors (Lipinski definition) is 4. The summed E-state index contributed by atoms with van der Waals surface area (Å²) in [6.45, 7) is 1.32. The maximum Gasteiger partial charge on any atom is 0.258 e. The van der Waals surface area contributed by atoms with E-state index in [1.165, 1.54) is 21.1 Å². The van der Waals surface area contributed by atoms with Crippen LogP contribution >= 0.6 is 7.57 Å². The zero-order valence-electron chi connectivity index (χ0n) is 6.20. The van der Waals surface area contributed by atoms with Crippen LogP contribution in [0.5, 0.6) is 0 Å². The Morgan fingerprint density at radius 3 is 2.00 bits per heavy atom. The molecule has 0 atom stereocenters. The molecule has 0 radical (unpaired) electrons. The summed E-state index contributed by atoms with van der Waals surface area (Å²) in [4.78, 5) is 19.6. The summed E-state index contributed by atoms with van der Waals surface area (Å²) in [6.07, 6.45) is 0. The molecule has 0 fully saturated rings. The van der Waals surface area contributed by atoms with E-state index in [1.807, 2.05) is 0 Å². The van der Waals surface area contributed by atoms with Crippen molar-refractivity contribution in [2.24, 2.45) is 0 Å². The maximum absolute atomic E-state index is 10.4. The molecule has 0 aromatic heterocycles. The Balaban J connectivity index is 4.46. The Hall–Kier alpha value is -0.150. The van der Waals surface area contributed by atoms with Gasteiger partial charge in [-0.05, 0) is 6.92 Å². The molecule has 0 heterocycles. The molecule has 0 amide bonds. The van der Waals surface area contributed by atoms with Gasteiger partial charge in [0.15, 0.2) is 5.78 Å². The summed E-state index contributed by atoms with van der Waals surface area (Å²) in [6, 6.07) is 0. The van der Waals surface area contributed by atoms with Gasteiger partial charge in [0.2, 0.25) is 0 Å². The van der Waals surface area contributed by atoms with E-state index in [0.717, 1.165) is 5.80 Å². The van der Waals surface area contributed by atoms with Gasteiger partial charge in [-0.1, -0.05) is 0 Å². The third kappa shape index (κ3) is 3.13. The molecule has 10 heavy (non-hydrogen) atoms. The first-order valence-electron chi connectivity index (χ1n) is 2.63. The molecule has 60 valence electrons.